The van der Waals surface area contributed by atoms with E-state index in [0.29, 0.717) is 5.92 Å². The molecule has 0 atom stereocenters. The van der Waals surface area contributed by atoms with Gasteiger partial charge in [-0.05, 0) is 37.2 Å². The lowest BCUT2D eigenvalue weighted by molar-refractivity contribution is 0.599. The molecule has 0 aliphatic carbocycles. The maximum Gasteiger partial charge on any atom is 0.00925 e. The Bertz CT molecular complexity index is 287. The monoisotopic (exact) mass is 203 g/mol. The van der Waals surface area contributed by atoms with E-state index in [-0.39, 0.29) is 0 Å². The normalized spacial score (nSPS) is 10.6. The van der Waals surface area contributed by atoms with Gasteiger partial charge in [0.15, 0.2) is 0 Å². The molecule has 0 aliphatic rings. The molecule has 0 spiro atoms. The summed E-state index contributed by atoms with van der Waals surface area (Å²) in [6.07, 6.45) is 4.03. The molecule has 1 aromatic carbocycles. The van der Waals surface area contributed by atoms with Gasteiger partial charge in [0, 0.05) is 5.71 Å². The topological polar surface area (TPSA) is 23.9 Å². The lowest BCUT2D eigenvalue weighted by Crippen LogP contribution is -2.01. The average molecular weight is 203 g/mol. The van der Waals surface area contributed by atoms with Gasteiger partial charge in [-0.1, -0.05) is 44.2 Å². The summed E-state index contributed by atoms with van der Waals surface area (Å²) >= 11 is 0. The van der Waals surface area contributed by atoms with Crippen LogP contribution in [0.1, 0.15) is 38.7 Å². The summed E-state index contributed by atoms with van der Waals surface area (Å²) in [6.45, 7) is 4.43. The van der Waals surface area contributed by atoms with Crippen LogP contribution < -0.4 is 0 Å². The third-order valence-electron chi connectivity index (χ3n) is 2.58. The van der Waals surface area contributed by atoms with Gasteiger partial charge >= 0.3 is 0 Å². The fraction of sp³-hybridized carbons (Fsp3) is 0.500. The second-order valence-corrected chi connectivity index (χ2v) is 4.52. The minimum absolute atomic E-state index is 0.710. The molecule has 0 saturated carbocycles. The first-order valence-electron chi connectivity index (χ1n) is 5.78. The molecule has 0 unspecified atom stereocenters. The summed E-state index contributed by atoms with van der Waals surface area (Å²) in [5, 5.41) is 7.83. The van der Waals surface area contributed by atoms with Crippen LogP contribution in [0.3, 0.4) is 0 Å². The Balaban J connectivity index is 2.23. The third kappa shape index (κ3) is 5.36. The molecule has 15 heavy (non-hydrogen) atoms. The summed E-state index contributed by atoms with van der Waals surface area (Å²) < 4.78 is 0. The van der Waals surface area contributed by atoms with Crippen LogP contribution in [0.25, 0.3) is 0 Å². The Hall–Kier alpha value is -1.11. The van der Waals surface area contributed by atoms with E-state index in [0.717, 1.165) is 31.4 Å². The highest BCUT2D eigenvalue weighted by Crippen LogP contribution is 2.08. The summed E-state index contributed by atoms with van der Waals surface area (Å²) in [5.74, 6) is 0.710. The molecule has 0 aromatic heterocycles. The van der Waals surface area contributed by atoms with Gasteiger partial charge in [-0.2, -0.15) is 0 Å². The van der Waals surface area contributed by atoms with Crippen LogP contribution in [0.15, 0.2) is 30.3 Å². The average Bonchev–Trinajstić information content (AvgIpc) is 2.25. The Kier molecular flexibility index (Phi) is 5.09. The molecule has 0 fully saturated rings. The highest BCUT2D eigenvalue weighted by molar-refractivity contribution is 5.81. The molecule has 0 bridgehead atoms. The van der Waals surface area contributed by atoms with Crippen LogP contribution in [0, 0.1) is 11.3 Å². The first kappa shape index (κ1) is 12.0. The minimum Gasteiger partial charge on any atom is -0.310 e. The standard InChI is InChI=1S/C14H21N/c1-12(2)8-10-14(15)11-9-13-6-4-3-5-7-13/h3-7,12,15H,8-11H2,1-2H3. The predicted molar refractivity (Wildman–Crippen MR) is 66.6 cm³/mol. The van der Waals surface area contributed by atoms with Crippen LogP contribution in [0.5, 0.6) is 0 Å². The Labute approximate surface area is 93.0 Å². The van der Waals surface area contributed by atoms with Crippen molar-refractivity contribution in [3.8, 4) is 0 Å². The van der Waals surface area contributed by atoms with Crippen LogP contribution >= 0.6 is 0 Å². The molecule has 1 nitrogen and oxygen atoms in total. The molecule has 1 aromatic rings. The summed E-state index contributed by atoms with van der Waals surface area (Å²) in [5.41, 5.74) is 2.24. The molecular formula is C14H21N. The van der Waals surface area contributed by atoms with E-state index >= 15 is 0 Å². The van der Waals surface area contributed by atoms with Crippen molar-refractivity contribution in [1.29, 1.82) is 5.41 Å². The van der Waals surface area contributed by atoms with Crippen molar-refractivity contribution in [1.82, 2.24) is 0 Å². The Morgan fingerprint density at radius 3 is 2.40 bits per heavy atom. The van der Waals surface area contributed by atoms with Gasteiger partial charge in [-0.3, -0.25) is 0 Å². The first-order chi connectivity index (χ1) is 7.18. The van der Waals surface area contributed by atoms with Crippen LogP contribution in [-0.4, -0.2) is 5.71 Å². The number of benzene rings is 1. The minimum atomic E-state index is 0.710. The zero-order valence-corrected chi connectivity index (χ0v) is 9.79. The number of aryl methyl sites for hydroxylation is 1. The van der Waals surface area contributed by atoms with Crippen LogP contribution in [0.2, 0.25) is 0 Å². The highest BCUT2D eigenvalue weighted by Gasteiger charge is 2.00. The van der Waals surface area contributed by atoms with E-state index in [2.05, 4.69) is 38.1 Å². The zero-order chi connectivity index (χ0) is 11.1. The lowest BCUT2D eigenvalue weighted by Gasteiger charge is -2.06. The van der Waals surface area contributed by atoms with Crippen molar-refractivity contribution in [2.24, 2.45) is 5.92 Å². The van der Waals surface area contributed by atoms with Gasteiger partial charge in [-0.15, -0.1) is 0 Å². The van der Waals surface area contributed by atoms with Crippen molar-refractivity contribution in [2.45, 2.75) is 39.5 Å². The van der Waals surface area contributed by atoms with Crippen molar-refractivity contribution in [2.75, 3.05) is 0 Å². The number of hydrogen-bond donors (Lipinski definition) is 1. The second kappa shape index (κ2) is 6.39. The fourth-order valence-electron chi connectivity index (χ4n) is 1.53. The van der Waals surface area contributed by atoms with Gasteiger partial charge < -0.3 is 5.41 Å². The van der Waals surface area contributed by atoms with E-state index in [1.54, 1.807) is 0 Å². The lowest BCUT2D eigenvalue weighted by atomic mass is 10.0. The SMILES string of the molecule is CC(C)CCC(=N)CCc1ccccc1. The quantitative estimate of drug-likeness (QED) is 0.674. The highest BCUT2D eigenvalue weighted by atomic mass is 14.4. The Morgan fingerprint density at radius 2 is 1.80 bits per heavy atom. The van der Waals surface area contributed by atoms with Crippen molar-refractivity contribution in [3.63, 3.8) is 0 Å². The van der Waals surface area contributed by atoms with E-state index < -0.39 is 0 Å². The largest absolute Gasteiger partial charge is 0.310 e. The molecule has 0 aliphatic heterocycles. The van der Waals surface area contributed by atoms with Gasteiger partial charge in [0.1, 0.15) is 0 Å². The smallest absolute Gasteiger partial charge is 0.00925 e. The van der Waals surface area contributed by atoms with E-state index in [9.17, 15) is 0 Å². The maximum absolute atomic E-state index is 7.83. The van der Waals surface area contributed by atoms with Gasteiger partial charge in [0.2, 0.25) is 0 Å². The molecule has 0 saturated heterocycles. The molecule has 1 N–H and O–H groups in total. The van der Waals surface area contributed by atoms with Crippen molar-refractivity contribution >= 4 is 5.71 Å². The fourth-order valence-corrected chi connectivity index (χ4v) is 1.53. The van der Waals surface area contributed by atoms with E-state index in [4.69, 9.17) is 5.41 Å². The van der Waals surface area contributed by atoms with Gasteiger partial charge in [0.05, 0.1) is 0 Å². The van der Waals surface area contributed by atoms with Crippen LogP contribution in [0.4, 0.5) is 0 Å². The summed E-state index contributed by atoms with van der Waals surface area (Å²) in [6, 6.07) is 10.4. The molecule has 0 amide bonds. The predicted octanol–water partition coefficient (Wildman–Crippen LogP) is 4.08. The van der Waals surface area contributed by atoms with Crippen molar-refractivity contribution < 1.29 is 0 Å². The van der Waals surface area contributed by atoms with Crippen molar-refractivity contribution in [3.05, 3.63) is 35.9 Å². The van der Waals surface area contributed by atoms with Gasteiger partial charge in [0.25, 0.3) is 0 Å². The first-order valence-corrected chi connectivity index (χ1v) is 5.78. The van der Waals surface area contributed by atoms with E-state index in [1.165, 1.54) is 5.56 Å². The summed E-state index contributed by atoms with van der Waals surface area (Å²) in [7, 11) is 0. The number of rotatable bonds is 6. The molecule has 1 rings (SSSR count). The number of hydrogen-bond acceptors (Lipinski definition) is 1. The molecule has 82 valence electrons. The number of nitrogens with one attached hydrogen (secondary N) is 1. The molecule has 0 radical (unpaired) electrons. The molecule has 1 heteroatoms. The molecular weight excluding hydrogens is 182 g/mol. The second-order valence-electron chi connectivity index (χ2n) is 4.52. The van der Waals surface area contributed by atoms with Gasteiger partial charge in [-0.25, -0.2) is 0 Å². The van der Waals surface area contributed by atoms with Crippen LogP contribution in [-0.2, 0) is 6.42 Å². The summed E-state index contributed by atoms with van der Waals surface area (Å²) in [4.78, 5) is 0. The Morgan fingerprint density at radius 1 is 1.13 bits per heavy atom. The maximum atomic E-state index is 7.83. The van der Waals surface area contributed by atoms with E-state index in [1.807, 2.05) is 6.07 Å². The third-order valence-corrected chi connectivity index (χ3v) is 2.58. The zero-order valence-electron chi connectivity index (χ0n) is 9.79. The molecule has 0 heterocycles.